The molecule has 0 spiro atoms. The molecule has 0 fully saturated rings. The van der Waals surface area contributed by atoms with Crippen LogP contribution in [0, 0.1) is 6.92 Å². The number of aromatic nitrogens is 5. The minimum atomic E-state index is -4.55. The summed E-state index contributed by atoms with van der Waals surface area (Å²) < 4.78 is 42.2. The molecule has 2 aromatic carbocycles. The summed E-state index contributed by atoms with van der Waals surface area (Å²) in [7, 11) is 0. The molecule has 2 heterocycles. The van der Waals surface area contributed by atoms with Gasteiger partial charge in [-0.3, -0.25) is 14.3 Å². The van der Waals surface area contributed by atoms with Gasteiger partial charge < -0.3 is 5.32 Å². The normalized spacial score (nSPS) is 12.4. The number of nitrogens with one attached hydrogen (secondary N) is 1. The first-order valence-electron chi connectivity index (χ1n) is 10.2. The second-order valence-corrected chi connectivity index (χ2v) is 7.51. The van der Waals surface area contributed by atoms with E-state index in [0.29, 0.717) is 0 Å². The van der Waals surface area contributed by atoms with E-state index in [4.69, 9.17) is 0 Å². The third-order valence-electron chi connectivity index (χ3n) is 5.08. The molecule has 0 aliphatic carbocycles. The topological polar surface area (TPSA) is 94.7 Å². The number of halogens is 3. The third kappa shape index (κ3) is 5.03. The van der Waals surface area contributed by atoms with Gasteiger partial charge in [-0.2, -0.15) is 23.4 Å². The molecular formula is C23H19F3N6O2. The quantitative estimate of drug-likeness (QED) is 0.469. The van der Waals surface area contributed by atoms with Crippen molar-refractivity contribution >= 4 is 5.91 Å². The summed E-state index contributed by atoms with van der Waals surface area (Å²) in [6, 6.07) is 14.1. The third-order valence-corrected chi connectivity index (χ3v) is 5.08. The SMILES string of the molecule is Cc1cc(=O)c(C(=O)NC(Cn2cncn2)c2ccccc2)nn1-c1cccc(C(F)(F)F)c1. The lowest BCUT2D eigenvalue weighted by molar-refractivity contribution is -0.137. The van der Waals surface area contributed by atoms with Crippen LogP contribution in [0.15, 0.2) is 78.1 Å². The zero-order valence-corrected chi connectivity index (χ0v) is 17.9. The van der Waals surface area contributed by atoms with Crippen LogP contribution in [0.1, 0.15) is 33.4 Å². The van der Waals surface area contributed by atoms with Gasteiger partial charge in [0.2, 0.25) is 5.43 Å². The maximum Gasteiger partial charge on any atom is 0.416 e. The lowest BCUT2D eigenvalue weighted by Crippen LogP contribution is -2.36. The number of amides is 1. The Morgan fingerprint density at radius 2 is 1.85 bits per heavy atom. The van der Waals surface area contributed by atoms with Crippen molar-refractivity contribution in [2.24, 2.45) is 0 Å². The Hall–Kier alpha value is -4.28. The Labute approximate surface area is 191 Å². The molecule has 0 radical (unpaired) electrons. The molecular weight excluding hydrogens is 449 g/mol. The van der Waals surface area contributed by atoms with E-state index >= 15 is 0 Å². The second kappa shape index (κ2) is 9.30. The zero-order valence-electron chi connectivity index (χ0n) is 17.9. The van der Waals surface area contributed by atoms with E-state index < -0.39 is 34.8 Å². The van der Waals surface area contributed by atoms with Gasteiger partial charge in [0.15, 0.2) is 5.69 Å². The smallest absolute Gasteiger partial charge is 0.342 e. The number of carbonyl (C=O) groups is 1. The minimum Gasteiger partial charge on any atom is -0.342 e. The number of alkyl halides is 3. The summed E-state index contributed by atoms with van der Waals surface area (Å²) in [6.45, 7) is 1.76. The van der Waals surface area contributed by atoms with Gasteiger partial charge >= 0.3 is 6.18 Å². The second-order valence-electron chi connectivity index (χ2n) is 7.51. The summed E-state index contributed by atoms with van der Waals surface area (Å²) in [5.41, 5.74) is -0.843. The van der Waals surface area contributed by atoms with Crippen LogP contribution in [-0.2, 0) is 12.7 Å². The van der Waals surface area contributed by atoms with E-state index in [1.807, 2.05) is 18.2 Å². The van der Waals surface area contributed by atoms with Crippen molar-refractivity contribution in [2.75, 3.05) is 0 Å². The number of benzene rings is 2. The summed E-state index contributed by atoms with van der Waals surface area (Å²) in [5.74, 6) is -0.764. The molecule has 0 aliphatic heterocycles. The summed E-state index contributed by atoms with van der Waals surface area (Å²) >= 11 is 0. The van der Waals surface area contributed by atoms with Gasteiger partial charge in [0.05, 0.1) is 23.8 Å². The predicted octanol–water partition coefficient (Wildman–Crippen LogP) is 3.32. The van der Waals surface area contributed by atoms with E-state index in [1.165, 1.54) is 36.4 Å². The monoisotopic (exact) mass is 468 g/mol. The van der Waals surface area contributed by atoms with Gasteiger partial charge in [-0.25, -0.2) is 9.67 Å². The first-order valence-corrected chi connectivity index (χ1v) is 10.2. The lowest BCUT2D eigenvalue weighted by Gasteiger charge is -2.19. The Morgan fingerprint density at radius 3 is 2.53 bits per heavy atom. The van der Waals surface area contributed by atoms with Crippen molar-refractivity contribution < 1.29 is 18.0 Å². The molecule has 0 saturated heterocycles. The van der Waals surface area contributed by atoms with Gasteiger partial charge in [0.25, 0.3) is 5.91 Å². The highest BCUT2D eigenvalue weighted by Gasteiger charge is 2.30. The Balaban J connectivity index is 1.68. The molecule has 0 bridgehead atoms. The van der Waals surface area contributed by atoms with Gasteiger partial charge in [0.1, 0.15) is 12.7 Å². The molecule has 1 N–H and O–H groups in total. The average Bonchev–Trinajstić information content (AvgIpc) is 3.32. The Bertz CT molecular complexity index is 1350. The van der Waals surface area contributed by atoms with Gasteiger partial charge in [-0.15, -0.1) is 0 Å². The highest BCUT2D eigenvalue weighted by molar-refractivity contribution is 5.92. The highest BCUT2D eigenvalue weighted by Crippen LogP contribution is 2.30. The van der Waals surface area contributed by atoms with Crippen LogP contribution in [0.25, 0.3) is 5.69 Å². The Kier molecular flexibility index (Phi) is 6.26. The zero-order chi connectivity index (χ0) is 24.3. The van der Waals surface area contributed by atoms with Crippen molar-refractivity contribution in [1.82, 2.24) is 29.9 Å². The van der Waals surface area contributed by atoms with Crippen LogP contribution in [0.5, 0.6) is 0 Å². The molecule has 2 aromatic heterocycles. The van der Waals surface area contributed by atoms with Crippen LogP contribution >= 0.6 is 0 Å². The van der Waals surface area contributed by atoms with Gasteiger partial charge in [0, 0.05) is 11.8 Å². The average molecular weight is 468 g/mol. The van der Waals surface area contributed by atoms with Gasteiger partial charge in [-0.1, -0.05) is 36.4 Å². The molecule has 1 atom stereocenters. The van der Waals surface area contributed by atoms with E-state index in [-0.39, 0.29) is 17.9 Å². The first-order chi connectivity index (χ1) is 16.2. The largest absolute Gasteiger partial charge is 0.416 e. The van der Waals surface area contributed by atoms with Crippen LogP contribution in [0.4, 0.5) is 13.2 Å². The number of nitrogens with zero attached hydrogens (tertiary/aromatic N) is 5. The maximum atomic E-state index is 13.2. The minimum absolute atomic E-state index is 0.0728. The lowest BCUT2D eigenvalue weighted by atomic mass is 10.1. The molecule has 34 heavy (non-hydrogen) atoms. The van der Waals surface area contributed by atoms with E-state index in [1.54, 1.807) is 12.1 Å². The standard InChI is InChI=1S/C23H19F3N6O2/c1-15-10-20(33)21(30-32(15)18-9-5-8-17(11-18)23(24,25)26)22(34)29-19(12-31-14-27-13-28-31)16-6-3-2-4-7-16/h2-11,13-14,19H,12H2,1H3,(H,29,34). The predicted molar refractivity (Wildman–Crippen MR) is 116 cm³/mol. The van der Waals surface area contributed by atoms with Crippen molar-refractivity contribution in [3.8, 4) is 5.69 Å². The van der Waals surface area contributed by atoms with Crippen molar-refractivity contribution in [3.63, 3.8) is 0 Å². The fourth-order valence-corrected chi connectivity index (χ4v) is 3.44. The fourth-order valence-electron chi connectivity index (χ4n) is 3.44. The summed E-state index contributed by atoms with van der Waals surface area (Å²) in [4.78, 5) is 29.6. The summed E-state index contributed by atoms with van der Waals surface area (Å²) in [5, 5.41) is 10.9. The molecule has 8 nitrogen and oxygen atoms in total. The summed E-state index contributed by atoms with van der Waals surface area (Å²) in [6.07, 6.45) is -1.70. The number of rotatable bonds is 6. The van der Waals surface area contributed by atoms with E-state index in [0.717, 1.165) is 28.4 Å². The van der Waals surface area contributed by atoms with Crippen LogP contribution in [0.2, 0.25) is 0 Å². The molecule has 0 aliphatic rings. The van der Waals surface area contributed by atoms with E-state index in [9.17, 15) is 22.8 Å². The molecule has 174 valence electrons. The molecule has 0 saturated carbocycles. The molecule has 1 unspecified atom stereocenters. The molecule has 4 rings (SSSR count). The van der Waals surface area contributed by atoms with Crippen LogP contribution in [0.3, 0.4) is 0 Å². The molecule has 1 amide bonds. The molecule has 4 aromatic rings. The number of aryl methyl sites for hydroxylation is 1. The van der Waals surface area contributed by atoms with Crippen LogP contribution in [-0.4, -0.2) is 30.5 Å². The van der Waals surface area contributed by atoms with Gasteiger partial charge in [-0.05, 0) is 30.7 Å². The fraction of sp³-hybridized carbons (Fsp3) is 0.174. The van der Waals surface area contributed by atoms with Crippen molar-refractivity contribution in [2.45, 2.75) is 25.7 Å². The number of hydrogen-bond acceptors (Lipinski definition) is 5. The molecule has 11 heteroatoms. The Morgan fingerprint density at radius 1 is 1.09 bits per heavy atom. The first kappa shape index (κ1) is 22.9. The number of carbonyl (C=O) groups excluding carboxylic acids is 1. The van der Waals surface area contributed by atoms with Crippen LogP contribution < -0.4 is 10.7 Å². The van der Waals surface area contributed by atoms with Crippen molar-refractivity contribution in [1.29, 1.82) is 0 Å². The van der Waals surface area contributed by atoms with Crippen molar-refractivity contribution in [3.05, 3.63) is 106 Å². The maximum absolute atomic E-state index is 13.2. The van der Waals surface area contributed by atoms with E-state index in [2.05, 4.69) is 20.5 Å². The number of hydrogen-bond donors (Lipinski definition) is 1. The highest BCUT2D eigenvalue weighted by atomic mass is 19.4.